The van der Waals surface area contributed by atoms with Crippen molar-refractivity contribution in [1.29, 1.82) is 0 Å². The lowest BCUT2D eigenvalue weighted by Gasteiger charge is -2.08. The largest absolute Gasteiger partial charge is 0.368 e. The average Bonchev–Trinajstić information content (AvgIpc) is 2.26. The van der Waals surface area contributed by atoms with E-state index in [1.54, 1.807) is 19.1 Å². The fourth-order valence-corrected chi connectivity index (χ4v) is 1.56. The normalized spacial score (nSPS) is 10.2. The Balaban J connectivity index is 2.30. The third kappa shape index (κ3) is 2.83. The molecule has 0 saturated heterocycles. The van der Waals surface area contributed by atoms with Gasteiger partial charge in [-0.15, -0.1) is 0 Å². The standard InChI is InChI=1S/C11H13FN6/c1-6-2-7(12)4-8(3-6)15-9-5-10(18-14)17-11(13)16-9/h2-5H,14H2,1H3,(H4,13,15,16,17,18). The van der Waals surface area contributed by atoms with Crippen LogP contribution in [0.15, 0.2) is 24.3 Å². The molecule has 94 valence electrons. The van der Waals surface area contributed by atoms with Gasteiger partial charge in [-0.3, -0.25) is 0 Å². The van der Waals surface area contributed by atoms with Crippen LogP contribution in [0.3, 0.4) is 0 Å². The highest BCUT2D eigenvalue weighted by Crippen LogP contribution is 2.19. The lowest BCUT2D eigenvalue weighted by Crippen LogP contribution is -2.11. The van der Waals surface area contributed by atoms with E-state index in [1.807, 2.05) is 0 Å². The molecule has 0 aliphatic carbocycles. The van der Waals surface area contributed by atoms with Gasteiger partial charge in [-0.05, 0) is 30.7 Å². The molecule has 0 aliphatic rings. The number of nitrogens with one attached hydrogen (secondary N) is 2. The molecule has 18 heavy (non-hydrogen) atoms. The quantitative estimate of drug-likeness (QED) is 0.485. The highest BCUT2D eigenvalue weighted by molar-refractivity contribution is 5.61. The first kappa shape index (κ1) is 12.1. The number of nitrogen functional groups attached to an aromatic ring is 2. The Morgan fingerprint density at radius 3 is 2.50 bits per heavy atom. The van der Waals surface area contributed by atoms with Crippen LogP contribution in [-0.2, 0) is 0 Å². The number of aryl methyl sites for hydroxylation is 1. The second kappa shape index (κ2) is 4.84. The van der Waals surface area contributed by atoms with Gasteiger partial charge in [-0.25, -0.2) is 10.2 Å². The monoisotopic (exact) mass is 248 g/mol. The molecule has 0 amide bonds. The summed E-state index contributed by atoms with van der Waals surface area (Å²) in [6.07, 6.45) is 0. The van der Waals surface area contributed by atoms with Gasteiger partial charge in [-0.2, -0.15) is 9.97 Å². The Hall–Kier alpha value is -2.41. The van der Waals surface area contributed by atoms with E-state index in [4.69, 9.17) is 11.6 Å². The predicted molar refractivity (Wildman–Crippen MR) is 68.7 cm³/mol. The van der Waals surface area contributed by atoms with Gasteiger partial charge in [-0.1, -0.05) is 0 Å². The number of anilines is 4. The van der Waals surface area contributed by atoms with Crippen molar-refractivity contribution in [1.82, 2.24) is 9.97 Å². The topological polar surface area (TPSA) is 102 Å². The van der Waals surface area contributed by atoms with Crippen LogP contribution in [0, 0.1) is 12.7 Å². The molecule has 0 saturated carbocycles. The Morgan fingerprint density at radius 2 is 1.83 bits per heavy atom. The Kier molecular flexibility index (Phi) is 3.24. The van der Waals surface area contributed by atoms with Gasteiger partial charge in [0, 0.05) is 11.8 Å². The maximum Gasteiger partial charge on any atom is 0.223 e. The molecule has 1 aromatic heterocycles. The highest BCUT2D eigenvalue weighted by atomic mass is 19.1. The van der Waals surface area contributed by atoms with Crippen LogP contribution in [0.1, 0.15) is 5.56 Å². The summed E-state index contributed by atoms with van der Waals surface area (Å²) in [5.74, 6) is 5.80. The molecule has 1 heterocycles. The second-order valence-corrected chi connectivity index (χ2v) is 3.78. The van der Waals surface area contributed by atoms with Gasteiger partial charge >= 0.3 is 0 Å². The third-order valence-corrected chi connectivity index (χ3v) is 2.21. The van der Waals surface area contributed by atoms with E-state index in [2.05, 4.69) is 20.7 Å². The zero-order valence-corrected chi connectivity index (χ0v) is 9.74. The summed E-state index contributed by atoms with van der Waals surface area (Å²) < 4.78 is 13.2. The fourth-order valence-electron chi connectivity index (χ4n) is 1.56. The Morgan fingerprint density at radius 1 is 1.11 bits per heavy atom. The maximum atomic E-state index is 13.2. The van der Waals surface area contributed by atoms with Crippen LogP contribution >= 0.6 is 0 Å². The number of hydrazine groups is 1. The van der Waals surface area contributed by atoms with Crippen molar-refractivity contribution >= 4 is 23.3 Å². The SMILES string of the molecule is Cc1cc(F)cc(Nc2cc(NN)nc(N)n2)c1. The number of aromatic nitrogens is 2. The van der Waals surface area contributed by atoms with Crippen molar-refractivity contribution < 1.29 is 4.39 Å². The number of benzene rings is 1. The van der Waals surface area contributed by atoms with Crippen molar-refractivity contribution in [3.8, 4) is 0 Å². The number of nitrogens with two attached hydrogens (primary N) is 2. The van der Waals surface area contributed by atoms with Gasteiger partial charge in [0.15, 0.2) is 0 Å². The summed E-state index contributed by atoms with van der Waals surface area (Å²) >= 11 is 0. The van der Waals surface area contributed by atoms with Crippen LogP contribution in [0.5, 0.6) is 0 Å². The lowest BCUT2D eigenvalue weighted by molar-refractivity contribution is 0.627. The maximum absolute atomic E-state index is 13.2. The summed E-state index contributed by atoms with van der Waals surface area (Å²) in [5, 5.41) is 2.93. The van der Waals surface area contributed by atoms with Crippen molar-refractivity contribution in [3.63, 3.8) is 0 Å². The minimum absolute atomic E-state index is 0.0704. The molecule has 0 spiro atoms. The molecule has 1 aromatic carbocycles. The van der Waals surface area contributed by atoms with Gasteiger partial charge in [0.05, 0.1) is 0 Å². The number of nitrogens with zero attached hydrogens (tertiary/aromatic N) is 2. The van der Waals surface area contributed by atoms with Gasteiger partial charge in [0.2, 0.25) is 5.95 Å². The van der Waals surface area contributed by atoms with Crippen molar-refractivity contribution in [3.05, 3.63) is 35.6 Å². The minimum atomic E-state index is -0.322. The van der Waals surface area contributed by atoms with E-state index in [9.17, 15) is 4.39 Å². The smallest absolute Gasteiger partial charge is 0.223 e. The molecule has 0 fully saturated rings. The van der Waals surface area contributed by atoms with E-state index in [0.29, 0.717) is 17.3 Å². The minimum Gasteiger partial charge on any atom is -0.368 e. The zero-order valence-electron chi connectivity index (χ0n) is 9.74. The predicted octanol–water partition coefficient (Wildman–Crippen LogP) is 1.54. The molecule has 6 N–H and O–H groups in total. The highest BCUT2D eigenvalue weighted by Gasteiger charge is 2.03. The van der Waals surface area contributed by atoms with Crippen LogP contribution in [0.2, 0.25) is 0 Å². The van der Waals surface area contributed by atoms with Crippen LogP contribution in [0.25, 0.3) is 0 Å². The van der Waals surface area contributed by atoms with E-state index in [1.165, 1.54) is 12.1 Å². The summed E-state index contributed by atoms with van der Waals surface area (Å²) in [6, 6.07) is 6.15. The number of halogens is 1. The summed E-state index contributed by atoms with van der Waals surface area (Å²) in [6.45, 7) is 1.80. The van der Waals surface area contributed by atoms with Crippen LogP contribution < -0.4 is 22.3 Å². The van der Waals surface area contributed by atoms with Crippen molar-refractivity contribution in [2.45, 2.75) is 6.92 Å². The molecule has 0 radical (unpaired) electrons. The van der Waals surface area contributed by atoms with Crippen LogP contribution in [-0.4, -0.2) is 9.97 Å². The molecule has 2 rings (SSSR count). The van der Waals surface area contributed by atoms with Gasteiger partial charge in [0.25, 0.3) is 0 Å². The number of hydrogen-bond donors (Lipinski definition) is 4. The zero-order chi connectivity index (χ0) is 13.1. The molecule has 6 nitrogen and oxygen atoms in total. The van der Waals surface area contributed by atoms with E-state index in [-0.39, 0.29) is 11.8 Å². The molecule has 2 aromatic rings. The number of rotatable bonds is 3. The fraction of sp³-hybridized carbons (Fsp3) is 0.0909. The number of hydrogen-bond acceptors (Lipinski definition) is 6. The van der Waals surface area contributed by atoms with E-state index in [0.717, 1.165) is 5.56 Å². The van der Waals surface area contributed by atoms with Gasteiger partial charge in [0.1, 0.15) is 17.5 Å². The first-order valence-corrected chi connectivity index (χ1v) is 5.22. The van der Waals surface area contributed by atoms with Crippen LogP contribution in [0.4, 0.5) is 27.7 Å². The first-order valence-electron chi connectivity index (χ1n) is 5.22. The first-order chi connectivity index (χ1) is 8.56. The van der Waals surface area contributed by atoms with E-state index >= 15 is 0 Å². The van der Waals surface area contributed by atoms with Crippen molar-refractivity contribution in [2.24, 2.45) is 5.84 Å². The molecular weight excluding hydrogens is 235 g/mol. The Labute approximate surface area is 103 Å². The summed E-state index contributed by atoms with van der Waals surface area (Å²) in [4.78, 5) is 7.82. The average molecular weight is 248 g/mol. The summed E-state index contributed by atoms with van der Waals surface area (Å²) in [7, 11) is 0. The molecule has 0 atom stereocenters. The molecule has 0 aliphatic heterocycles. The lowest BCUT2D eigenvalue weighted by atomic mass is 10.2. The van der Waals surface area contributed by atoms with E-state index < -0.39 is 0 Å². The molecular formula is C11H13FN6. The molecule has 0 unspecified atom stereocenters. The summed E-state index contributed by atoms with van der Waals surface area (Å²) in [5.41, 5.74) is 9.27. The molecule has 0 bridgehead atoms. The van der Waals surface area contributed by atoms with Crippen molar-refractivity contribution in [2.75, 3.05) is 16.5 Å². The molecule has 7 heteroatoms. The second-order valence-electron chi connectivity index (χ2n) is 3.78. The third-order valence-electron chi connectivity index (χ3n) is 2.21. The van der Waals surface area contributed by atoms with Gasteiger partial charge < -0.3 is 16.5 Å². The Bertz CT molecular complexity index is 551.